The Morgan fingerprint density at radius 2 is 1.82 bits per heavy atom. The fourth-order valence-electron chi connectivity index (χ4n) is 3.37. The largest absolute Gasteiger partial charge is 0.492 e. The molecule has 0 bridgehead atoms. The molecule has 1 fully saturated rings. The zero-order valence-electron chi connectivity index (χ0n) is 17.0. The SMILES string of the molecule is CCOc1ccccc1N1CC(C(=O)Nc2ccc(C(C)(C)C)cc2)CC1=O. The van der Waals surface area contributed by atoms with Gasteiger partial charge in [0.2, 0.25) is 11.8 Å². The number of benzene rings is 2. The fourth-order valence-corrected chi connectivity index (χ4v) is 3.37. The van der Waals surface area contributed by atoms with Crippen molar-refractivity contribution in [2.75, 3.05) is 23.4 Å². The maximum absolute atomic E-state index is 12.7. The molecule has 0 radical (unpaired) electrons. The van der Waals surface area contributed by atoms with Crippen molar-refractivity contribution in [1.29, 1.82) is 0 Å². The van der Waals surface area contributed by atoms with Crippen molar-refractivity contribution in [3.8, 4) is 5.75 Å². The summed E-state index contributed by atoms with van der Waals surface area (Å²) < 4.78 is 5.63. The first-order chi connectivity index (χ1) is 13.3. The van der Waals surface area contributed by atoms with Crippen molar-refractivity contribution >= 4 is 23.2 Å². The van der Waals surface area contributed by atoms with Crippen molar-refractivity contribution < 1.29 is 14.3 Å². The second kappa shape index (κ2) is 8.05. The van der Waals surface area contributed by atoms with Gasteiger partial charge >= 0.3 is 0 Å². The average molecular weight is 380 g/mol. The van der Waals surface area contributed by atoms with E-state index in [1.165, 1.54) is 5.56 Å². The van der Waals surface area contributed by atoms with Crippen LogP contribution in [0.4, 0.5) is 11.4 Å². The Morgan fingerprint density at radius 1 is 1.14 bits per heavy atom. The lowest BCUT2D eigenvalue weighted by atomic mass is 9.87. The molecule has 1 atom stereocenters. The number of nitrogens with zero attached hydrogens (tertiary/aromatic N) is 1. The fraction of sp³-hybridized carbons (Fsp3) is 0.391. The van der Waals surface area contributed by atoms with Gasteiger partial charge in [-0.25, -0.2) is 0 Å². The number of hydrogen-bond acceptors (Lipinski definition) is 3. The quantitative estimate of drug-likeness (QED) is 0.838. The lowest BCUT2D eigenvalue weighted by Gasteiger charge is -2.20. The van der Waals surface area contributed by atoms with Gasteiger partial charge in [0.25, 0.3) is 0 Å². The number of rotatable bonds is 5. The van der Waals surface area contributed by atoms with E-state index in [0.717, 1.165) is 11.4 Å². The molecule has 0 aromatic heterocycles. The minimum absolute atomic E-state index is 0.0598. The summed E-state index contributed by atoms with van der Waals surface area (Å²) in [6, 6.07) is 15.3. The van der Waals surface area contributed by atoms with Gasteiger partial charge in [0.05, 0.1) is 18.2 Å². The molecule has 1 N–H and O–H groups in total. The van der Waals surface area contributed by atoms with Gasteiger partial charge < -0.3 is 15.0 Å². The number of carbonyl (C=O) groups is 2. The molecule has 0 saturated carbocycles. The number of amides is 2. The van der Waals surface area contributed by atoms with Crippen LogP contribution < -0.4 is 15.0 Å². The zero-order valence-corrected chi connectivity index (χ0v) is 17.0. The second-order valence-corrected chi connectivity index (χ2v) is 8.12. The highest BCUT2D eigenvalue weighted by molar-refractivity contribution is 6.04. The van der Waals surface area contributed by atoms with E-state index in [-0.39, 0.29) is 29.6 Å². The number of nitrogens with one attached hydrogen (secondary N) is 1. The summed E-state index contributed by atoms with van der Waals surface area (Å²) in [5.74, 6) is 0.0882. The van der Waals surface area contributed by atoms with Crippen LogP contribution in [-0.2, 0) is 15.0 Å². The van der Waals surface area contributed by atoms with Crippen LogP contribution in [0, 0.1) is 5.92 Å². The molecule has 2 amide bonds. The molecule has 5 nitrogen and oxygen atoms in total. The minimum atomic E-state index is -0.385. The molecule has 2 aromatic rings. The van der Waals surface area contributed by atoms with Gasteiger partial charge in [0.15, 0.2) is 0 Å². The summed E-state index contributed by atoms with van der Waals surface area (Å²) in [6.45, 7) is 9.24. The third-order valence-electron chi connectivity index (χ3n) is 4.97. The van der Waals surface area contributed by atoms with Crippen molar-refractivity contribution in [2.45, 2.75) is 39.5 Å². The zero-order chi connectivity index (χ0) is 20.3. The predicted molar refractivity (Wildman–Crippen MR) is 112 cm³/mol. The van der Waals surface area contributed by atoms with Gasteiger partial charge in [-0.3, -0.25) is 9.59 Å². The number of carbonyl (C=O) groups excluding carboxylic acids is 2. The van der Waals surface area contributed by atoms with E-state index in [0.29, 0.717) is 18.9 Å². The van der Waals surface area contributed by atoms with Gasteiger partial charge in [-0.1, -0.05) is 45.0 Å². The predicted octanol–water partition coefficient (Wildman–Crippen LogP) is 4.37. The normalized spacial score (nSPS) is 16.9. The van der Waals surface area contributed by atoms with Crippen LogP contribution in [0.15, 0.2) is 48.5 Å². The Labute approximate surface area is 166 Å². The van der Waals surface area contributed by atoms with Gasteiger partial charge in [-0.05, 0) is 42.2 Å². The van der Waals surface area contributed by atoms with Gasteiger partial charge in [0, 0.05) is 18.7 Å². The topological polar surface area (TPSA) is 58.6 Å². The summed E-state index contributed by atoms with van der Waals surface area (Å²) in [5.41, 5.74) is 2.74. The molecule has 28 heavy (non-hydrogen) atoms. The van der Waals surface area contributed by atoms with Crippen LogP contribution >= 0.6 is 0 Å². The highest BCUT2D eigenvalue weighted by Crippen LogP contribution is 2.33. The Morgan fingerprint density at radius 3 is 2.46 bits per heavy atom. The lowest BCUT2D eigenvalue weighted by molar-refractivity contribution is -0.122. The van der Waals surface area contributed by atoms with Gasteiger partial charge in [-0.15, -0.1) is 0 Å². The summed E-state index contributed by atoms with van der Waals surface area (Å²) in [6.07, 6.45) is 0.201. The molecular weight excluding hydrogens is 352 g/mol. The molecule has 5 heteroatoms. The summed E-state index contributed by atoms with van der Waals surface area (Å²) in [5, 5.41) is 2.95. The molecule has 1 aliphatic rings. The highest BCUT2D eigenvalue weighted by atomic mass is 16.5. The summed E-state index contributed by atoms with van der Waals surface area (Å²) >= 11 is 0. The van der Waals surface area contributed by atoms with Gasteiger partial charge in [-0.2, -0.15) is 0 Å². The second-order valence-electron chi connectivity index (χ2n) is 8.12. The van der Waals surface area contributed by atoms with Crippen molar-refractivity contribution in [2.24, 2.45) is 5.92 Å². The van der Waals surface area contributed by atoms with E-state index < -0.39 is 0 Å². The first-order valence-corrected chi connectivity index (χ1v) is 9.73. The Balaban J connectivity index is 1.69. The molecule has 1 saturated heterocycles. The molecule has 1 heterocycles. The molecule has 0 spiro atoms. The van der Waals surface area contributed by atoms with E-state index in [1.54, 1.807) is 4.90 Å². The molecule has 3 rings (SSSR count). The molecule has 1 unspecified atom stereocenters. The number of anilines is 2. The number of ether oxygens (including phenoxy) is 1. The Kier molecular flexibility index (Phi) is 5.73. The third kappa shape index (κ3) is 4.35. The lowest BCUT2D eigenvalue weighted by Crippen LogP contribution is -2.28. The molecule has 2 aromatic carbocycles. The third-order valence-corrected chi connectivity index (χ3v) is 4.97. The first kappa shape index (κ1) is 19.9. The maximum atomic E-state index is 12.7. The standard InChI is InChI=1S/C23H28N2O3/c1-5-28-20-9-7-6-8-19(20)25-15-16(14-21(25)26)22(27)24-18-12-10-17(11-13-18)23(2,3)4/h6-13,16H,5,14-15H2,1-4H3,(H,24,27). The summed E-state index contributed by atoms with van der Waals surface area (Å²) in [7, 11) is 0. The molecule has 148 valence electrons. The monoisotopic (exact) mass is 380 g/mol. The van der Waals surface area contributed by atoms with Crippen LogP contribution in [0.25, 0.3) is 0 Å². The Bertz CT molecular complexity index is 853. The van der Waals surface area contributed by atoms with E-state index in [9.17, 15) is 9.59 Å². The van der Waals surface area contributed by atoms with E-state index in [1.807, 2.05) is 55.5 Å². The molecular formula is C23H28N2O3. The van der Waals surface area contributed by atoms with Crippen LogP contribution in [0.3, 0.4) is 0 Å². The highest BCUT2D eigenvalue weighted by Gasteiger charge is 2.36. The van der Waals surface area contributed by atoms with Crippen molar-refractivity contribution in [3.05, 3.63) is 54.1 Å². The van der Waals surface area contributed by atoms with Crippen LogP contribution in [0.1, 0.15) is 39.7 Å². The number of hydrogen-bond donors (Lipinski definition) is 1. The molecule has 0 aliphatic carbocycles. The van der Waals surface area contributed by atoms with E-state index in [2.05, 4.69) is 26.1 Å². The van der Waals surface area contributed by atoms with Crippen LogP contribution in [-0.4, -0.2) is 25.0 Å². The Hall–Kier alpha value is -2.82. The molecule has 1 aliphatic heterocycles. The van der Waals surface area contributed by atoms with E-state index >= 15 is 0 Å². The maximum Gasteiger partial charge on any atom is 0.229 e. The van der Waals surface area contributed by atoms with E-state index in [4.69, 9.17) is 4.74 Å². The van der Waals surface area contributed by atoms with Crippen molar-refractivity contribution in [3.63, 3.8) is 0 Å². The minimum Gasteiger partial charge on any atom is -0.492 e. The smallest absolute Gasteiger partial charge is 0.229 e. The van der Waals surface area contributed by atoms with Crippen LogP contribution in [0.2, 0.25) is 0 Å². The first-order valence-electron chi connectivity index (χ1n) is 9.73. The van der Waals surface area contributed by atoms with Crippen molar-refractivity contribution in [1.82, 2.24) is 0 Å². The average Bonchev–Trinajstić information content (AvgIpc) is 3.04. The summed E-state index contributed by atoms with van der Waals surface area (Å²) in [4.78, 5) is 26.9. The number of para-hydroxylation sites is 2. The van der Waals surface area contributed by atoms with Crippen LogP contribution in [0.5, 0.6) is 5.75 Å². The van der Waals surface area contributed by atoms with Gasteiger partial charge in [0.1, 0.15) is 5.75 Å².